The molecule has 5 nitrogen and oxygen atoms in total. The van der Waals surface area contributed by atoms with Crippen LogP contribution in [0, 0.1) is 11.8 Å². The minimum Gasteiger partial charge on any atom is -0.357 e. The van der Waals surface area contributed by atoms with Gasteiger partial charge in [0.2, 0.25) is 5.91 Å². The SMILES string of the molecule is CCCCC1CCC(C(=O)NNC(=O)c2ccc[nH]2)CC1. The van der Waals surface area contributed by atoms with Gasteiger partial charge in [-0.3, -0.25) is 20.4 Å². The number of carbonyl (C=O) groups excluding carboxylic acids is 2. The van der Waals surface area contributed by atoms with Gasteiger partial charge in [0, 0.05) is 12.1 Å². The molecule has 0 aliphatic heterocycles. The first-order valence-corrected chi connectivity index (χ1v) is 7.94. The molecule has 1 heterocycles. The number of H-pyrrole nitrogens is 1. The Morgan fingerprint density at radius 2 is 2.00 bits per heavy atom. The summed E-state index contributed by atoms with van der Waals surface area (Å²) in [5.74, 6) is 0.433. The lowest BCUT2D eigenvalue weighted by atomic mass is 9.79. The Morgan fingerprint density at radius 3 is 2.62 bits per heavy atom. The summed E-state index contributed by atoms with van der Waals surface area (Å²) in [5.41, 5.74) is 5.44. The molecule has 1 aliphatic rings. The van der Waals surface area contributed by atoms with Gasteiger partial charge in [0.25, 0.3) is 5.91 Å². The van der Waals surface area contributed by atoms with E-state index in [-0.39, 0.29) is 17.7 Å². The molecule has 0 unspecified atom stereocenters. The third-order valence-corrected chi connectivity index (χ3v) is 4.33. The maximum Gasteiger partial charge on any atom is 0.286 e. The van der Waals surface area contributed by atoms with Crippen molar-refractivity contribution in [3.8, 4) is 0 Å². The third kappa shape index (κ3) is 4.62. The quantitative estimate of drug-likeness (QED) is 0.730. The summed E-state index contributed by atoms with van der Waals surface area (Å²) in [6.45, 7) is 2.21. The second-order valence-electron chi connectivity index (χ2n) is 5.89. The smallest absolute Gasteiger partial charge is 0.286 e. The van der Waals surface area contributed by atoms with Crippen molar-refractivity contribution < 1.29 is 9.59 Å². The van der Waals surface area contributed by atoms with Crippen LogP contribution < -0.4 is 10.9 Å². The zero-order valence-electron chi connectivity index (χ0n) is 12.7. The Bertz CT molecular complexity index is 448. The fourth-order valence-corrected chi connectivity index (χ4v) is 2.97. The molecule has 21 heavy (non-hydrogen) atoms. The van der Waals surface area contributed by atoms with Crippen molar-refractivity contribution in [2.45, 2.75) is 51.9 Å². The molecular formula is C16H25N3O2. The van der Waals surface area contributed by atoms with E-state index >= 15 is 0 Å². The molecule has 2 amide bonds. The number of rotatable bonds is 5. The van der Waals surface area contributed by atoms with Crippen molar-refractivity contribution in [3.05, 3.63) is 24.0 Å². The van der Waals surface area contributed by atoms with Crippen LogP contribution in [-0.2, 0) is 4.79 Å². The number of aromatic amines is 1. The summed E-state index contributed by atoms with van der Waals surface area (Å²) in [7, 11) is 0. The Kier molecular flexibility index (Phi) is 5.84. The highest BCUT2D eigenvalue weighted by Crippen LogP contribution is 2.31. The predicted octanol–water partition coefficient (Wildman–Crippen LogP) is 2.77. The van der Waals surface area contributed by atoms with Gasteiger partial charge in [0.05, 0.1) is 0 Å². The molecule has 0 spiro atoms. The number of hydrogen-bond acceptors (Lipinski definition) is 2. The van der Waals surface area contributed by atoms with Crippen LogP contribution in [0.4, 0.5) is 0 Å². The lowest BCUT2D eigenvalue weighted by Gasteiger charge is -2.27. The minimum atomic E-state index is -0.315. The number of nitrogens with one attached hydrogen (secondary N) is 3. The molecule has 3 N–H and O–H groups in total. The first kappa shape index (κ1) is 15.6. The van der Waals surface area contributed by atoms with Gasteiger partial charge in [-0.05, 0) is 43.7 Å². The van der Waals surface area contributed by atoms with Crippen LogP contribution in [0.1, 0.15) is 62.4 Å². The zero-order chi connectivity index (χ0) is 15.1. The average Bonchev–Trinajstić information content (AvgIpc) is 3.05. The molecule has 0 bridgehead atoms. The van der Waals surface area contributed by atoms with Gasteiger partial charge >= 0.3 is 0 Å². The first-order chi connectivity index (χ1) is 10.2. The second kappa shape index (κ2) is 7.86. The lowest BCUT2D eigenvalue weighted by Crippen LogP contribution is -2.45. The maximum absolute atomic E-state index is 12.1. The Balaban J connectivity index is 1.69. The monoisotopic (exact) mass is 291 g/mol. The van der Waals surface area contributed by atoms with E-state index in [1.54, 1.807) is 18.3 Å². The van der Waals surface area contributed by atoms with Gasteiger partial charge in [-0.25, -0.2) is 0 Å². The fraction of sp³-hybridized carbons (Fsp3) is 0.625. The van der Waals surface area contributed by atoms with Crippen LogP contribution in [0.25, 0.3) is 0 Å². The molecule has 1 fully saturated rings. The molecule has 1 aromatic rings. The van der Waals surface area contributed by atoms with E-state index in [1.165, 1.54) is 19.3 Å². The van der Waals surface area contributed by atoms with Crippen LogP contribution in [0.5, 0.6) is 0 Å². The van der Waals surface area contributed by atoms with Crippen molar-refractivity contribution in [2.24, 2.45) is 11.8 Å². The molecule has 0 aromatic carbocycles. The van der Waals surface area contributed by atoms with Crippen LogP contribution in [0.15, 0.2) is 18.3 Å². The van der Waals surface area contributed by atoms with Gasteiger partial charge < -0.3 is 4.98 Å². The summed E-state index contributed by atoms with van der Waals surface area (Å²) < 4.78 is 0. The van der Waals surface area contributed by atoms with Gasteiger partial charge in [0.1, 0.15) is 5.69 Å². The number of aromatic nitrogens is 1. The van der Waals surface area contributed by atoms with E-state index in [1.807, 2.05) is 0 Å². The Labute approximate surface area is 125 Å². The van der Waals surface area contributed by atoms with E-state index in [9.17, 15) is 9.59 Å². The molecule has 1 saturated carbocycles. The van der Waals surface area contributed by atoms with Crippen molar-refractivity contribution >= 4 is 11.8 Å². The standard InChI is InChI=1S/C16H25N3O2/c1-2-3-5-12-7-9-13(10-8-12)15(20)18-19-16(21)14-6-4-11-17-14/h4,6,11-13,17H,2-3,5,7-10H2,1H3,(H,18,20)(H,19,21). The third-order valence-electron chi connectivity index (χ3n) is 4.33. The number of unbranched alkanes of at least 4 members (excludes halogenated alkanes) is 1. The van der Waals surface area contributed by atoms with Crippen LogP contribution in [0.2, 0.25) is 0 Å². The summed E-state index contributed by atoms with van der Waals surface area (Å²) >= 11 is 0. The molecule has 0 radical (unpaired) electrons. The number of carbonyl (C=O) groups is 2. The van der Waals surface area contributed by atoms with Gasteiger partial charge in [-0.15, -0.1) is 0 Å². The highest BCUT2D eigenvalue weighted by atomic mass is 16.2. The highest BCUT2D eigenvalue weighted by Gasteiger charge is 2.26. The normalized spacial score (nSPS) is 21.8. The minimum absolute atomic E-state index is 0.0341. The number of hydrazine groups is 1. The summed E-state index contributed by atoms with van der Waals surface area (Å²) in [5, 5.41) is 0. The molecule has 116 valence electrons. The molecule has 0 atom stereocenters. The van der Waals surface area contributed by atoms with Crippen LogP contribution in [0.3, 0.4) is 0 Å². The Morgan fingerprint density at radius 1 is 1.24 bits per heavy atom. The van der Waals surface area contributed by atoms with E-state index in [4.69, 9.17) is 0 Å². The molecule has 1 aromatic heterocycles. The summed E-state index contributed by atoms with van der Waals surface area (Å²) in [6.07, 6.45) is 9.60. The molecular weight excluding hydrogens is 266 g/mol. The maximum atomic E-state index is 12.1. The summed E-state index contributed by atoms with van der Waals surface area (Å²) in [6, 6.07) is 3.41. The largest absolute Gasteiger partial charge is 0.357 e. The lowest BCUT2D eigenvalue weighted by molar-refractivity contribution is -0.127. The van der Waals surface area contributed by atoms with Gasteiger partial charge in [0.15, 0.2) is 0 Å². The second-order valence-corrected chi connectivity index (χ2v) is 5.89. The molecule has 1 aliphatic carbocycles. The average molecular weight is 291 g/mol. The van der Waals surface area contributed by atoms with Gasteiger partial charge in [-0.2, -0.15) is 0 Å². The highest BCUT2D eigenvalue weighted by molar-refractivity contribution is 5.93. The number of amides is 2. The van der Waals surface area contributed by atoms with Crippen LogP contribution >= 0.6 is 0 Å². The van der Waals surface area contributed by atoms with E-state index < -0.39 is 0 Å². The number of hydrogen-bond donors (Lipinski definition) is 3. The van der Waals surface area contributed by atoms with E-state index in [0.717, 1.165) is 31.6 Å². The zero-order valence-corrected chi connectivity index (χ0v) is 12.7. The van der Waals surface area contributed by atoms with E-state index in [2.05, 4.69) is 22.8 Å². The summed E-state index contributed by atoms with van der Waals surface area (Å²) in [4.78, 5) is 26.6. The Hall–Kier alpha value is -1.78. The van der Waals surface area contributed by atoms with Crippen molar-refractivity contribution in [3.63, 3.8) is 0 Å². The fourth-order valence-electron chi connectivity index (χ4n) is 2.97. The van der Waals surface area contributed by atoms with Crippen molar-refractivity contribution in [2.75, 3.05) is 0 Å². The van der Waals surface area contributed by atoms with E-state index in [0.29, 0.717) is 5.69 Å². The first-order valence-electron chi connectivity index (χ1n) is 7.94. The van der Waals surface area contributed by atoms with Crippen molar-refractivity contribution in [1.29, 1.82) is 0 Å². The van der Waals surface area contributed by atoms with Crippen LogP contribution in [-0.4, -0.2) is 16.8 Å². The van der Waals surface area contributed by atoms with Crippen molar-refractivity contribution in [1.82, 2.24) is 15.8 Å². The molecule has 2 rings (SSSR count). The molecule has 5 heteroatoms. The van der Waals surface area contributed by atoms with Gasteiger partial charge in [-0.1, -0.05) is 26.2 Å². The predicted molar refractivity (Wildman–Crippen MR) is 81.4 cm³/mol. The topological polar surface area (TPSA) is 74.0 Å². The molecule has 0 saturated heterocycles.